The van der Waals surface area contributed by atoms with E-state index in [4.69, 9.17) is 0 Å². The summed E-state index contributed by atoms with van der Waals surface area (Å²) in [4.78, 5) is 19.3. The molecule has 0 saturated heterocycles. The molecule has 0 heterocycles. The van der Waals surface area contributed by atoms with Crippen molar-refractivity contribution in [2.45, 2.75) is 46.0 Å². The van der Waals surface area contributed by atoms with Crippen LogP contribution in [0.4, 0.5) is 0 Å². The molecule has 0 unspecified atom stereocenters. The van der Waals surface area contributed by atoms with Crippen LogP contribution in [0.5, 0.6) is 0 Å². The molecule has 0 aliphatic heterocycles. The first-order valence-corrected chi connectivity index (χ1v) is 9.25. The van der Waals surface area contributed by atoms with Gasteiger partial charge in [0.05, 0.1) is 5.41 Å². The fourth-order valence-electron chi connectivity index (χ4n) is 3.82. The molecule has 1 aromatic carbocycles. The summed E-state index contributed by atoms with van der Waals surface area (Å²) in [5, 5.41) is 0. The minimum atomic E-state index is -0.534. The van der Waals surface area contributed by atoms with E-state index in [0.29, 0.717) is 12.8 Å². The number of hydrogen-bond donors (Lipinski definition) is 0. The molecule has 0 amide bonds. The second kappa shape index (κ2) is 8.34. The van der Waals surface area contributed by atoms with Crippen LogP contribution in [-0.4, -0.2) is 23.9 Å². The molecule has 0 spiro atoms. The van der Waals surface area contributed by atoms with Crippen molar-refractivity contribution in [3.05, 3.63) is 83.4 Å². The molecule has 0 aromatic heterocycles. The van der Waals surface area contributed by atoms with Crippen LogP contribution in [0.15, 0.2) is 71.7 Å². The number of allylic oxidation sites excluding steroid dienone is 5. The van der Waals surface area contributed by atoms with Gasteiger partial charge in [-0.25, -0.2) is 0 Å². The molecule has 27 heavy (non-hydrogen) atoms. The van der Waals surface area contributed by atoms with Crippen LogP contribution < -0.4 is 0 Å². The van der Waals surface area contributed by atoms with Gasteiger partial charge in [0.25, 0.3) is 0 Å². The minimum absolute atomic E-state index is 0.199. The van der Waals surface area contributed by atoms with Crippen LogP contribution in [0.3, 0.4) is 0 Å². The van der Waals surface area contributed by atoms with Gasteiger partial charge in [-0.05, 0) is 56.4 Å². The SMILES string of the molecule is C=CC=N/C=C(\C)N(C)C1=C(C=C)C[C@@](C(C)=O)(c2cccc(C)c2C)C1. The number of carbonyl (C=O) groups is 1. The van der Waals surface area contributed by atoms with Gasteiger partial charge in [-0.1, -0.05) is 43.5 Å². The molecular formula is C24H30N2O. The molecule has 0 radical (unpaired) electrons. The predicted molar refractivity (Wildman–Crippen MR) is 115 cm³/mol. The summed E-state index contributed by atoms with van der Waals surface area (Å²) in [7, 11) is 2.02. The fraction of sp³-hybridized carbons (Fsp3) is 0.333. The van der Waals surface area contributed by atoms with Gasteiger partial charge < -0.3 is 4.90 Å². The van der Waals surface area contributed by atoms with Crippen molar-refractivity contribution in [1.29, 1.82) is 0 Å². The molecule has 0 fully saturated rings. The van der Waals surface area contributed by atoms with Gasteiger partial charge in [-0.3, -0.25) is 9.79 Å². The van der Waals surface area contributed by atoms with Gasteiger partial charge >= 0.3 is 0 Å². The van der Waals surface area contributed by atoms with E-state index in [1.54, 1.807) is 25.4 Å². The lowest BCUT2D eigenvalue weighted by molar-refractivity contribution is -0.122. The molecule has 0 saturated carbocycles. The summed E-state index contributed by atoms with van der Waals surface area (Å²) in [6.07, 6.45) is 8.35. The number of Topliss-reactive ketones (excluding diaryl/α,β-unsaturated/α-hetero) is 1. The van der Waals surface area contributed by atoms with Crippen molar-refractivity contribution in [2.24, 2.45) is 4.99 Å². The Bertz CT molecular complexity index is 857. The predicted octanol–water partition coefficient (Wildman–Crippen LogP) is 5.41. The molecule has 3 nitrogen and oxygen atoms in total. The second-order valence-corrected chi connectivity index (χ2v) is 7.28. The smallest absolute Gasteiger partial charge is 0.141 e. The zero-order valence-corrected chi connectivity index (χ0v) is 17.2. The third kappa shape index (κ3) is 3.87. The van der Waals surface area contributed by atoms with Gasteiger partial charge in [0, 0.05) is 37.3 Å². The normalized spacial score (nSPS) is 20.3. The highest BCUT2D eigenvalue weighted by Crippen LogP contribution is 2.48. The number of hydrogen-bond acceptors (Lipinski definition) is 3. The lowest BCUT2D eigenvalue weighted by Gasteiger charge is -2.31. The monoisotopic (exact) mass is 362 g/mol. The lowest BCUT2D eigenvalue weighted by atomic mass is 9.72. The molecular weight excluding hydrogens is 332 g/mol. The van der Waals surface area contributed by atoms with E-state index in [1.165, 1.54) is 11.1 Å². The molecule has 1 atom stereocenters. The maximum absolute atomic E-state index is 12.9. The van der Waals surface area contributed by atoms with Crippen molar-refractivity contribution >= 4 is 12.0 Å². The Balaban J connectivity index is 2.50. The number of aryl methyl sites for hydroxylation is 1. The largest absolute Gasteiger partial charge is 0.350 e. The van der Waals surface area contributed by atoms with E-state index < -0.39 is 5.41 Å². The number of ketones is 1. The van der Waals surface area contributed by atoms with Gasteiger partial charge in [-0.15, -0.1) is 0 Å². The maximum Gasteiger partial charge on any atom is 0.141 e. The van der Waals surface area contributed by atoms with E-state index in [0.717, 1.165) is 22.5 Å². The van der Waals surface area contributed by atoms with Crippen molar-refractivity contribution < 1.29 is 4.79 Å². The molecule has 0 bridgehead atoms. The van der Waals surface area contributed by atoms with Crippen molar-refractivity contribution in [1.82, 2.24) is 4.90 Å². The molecule has 2 rings (SSSR count). The molecule has 1 aromatic rings. The Morgan fingerprint density at radius 3 is 2.52 bits per heavy atom. The zero-order valence-electron chi connectivity index (χ0n) is 17.2. The van der Waals surface area contributed by atoms with Crippen LogP contribution >= 0.6 is 0 Å². The molecule has 1 aliphatic carbocycles. The number of aliphatic imine (C=N–C) groups is 1. The first-order valence-electron chi connectivity index (χ1n) is 9.25. The van der Waals surface area contributed by atoms with Gasteiger partial charge in [0.2, 0.25) is 0 Å². The minimum Gasteiger partial charge on any atom is -0.350 e. The first-order chi connectivity index (χ1) is 12.8. The Morgan fingerprint density at radius 1 is 1.22 bits per heavy atom. The highest BCUT2D eigenvalue weighted by atomic mass is 16.1. The third-order valence-electron chi connectivity index (χ3n) is 5.76. The Hall–Kier alpha value is -2.68. The third-order valence-corrected chi connectivity index (χ3v) is 5.76. The number of carbonyl (C=O) groups excluding carboxylic acids is 1. The fourth-order valence-corrected chi connectivity index (χ4v) is 3.82. The molecule has 0 N–H and O–H groups in total. The zero-order chi connectivity index (χ0) is 20.2. The van der Waals surface area contributed by atoms with Crippen molar-refractivity contribution in [3.8, 4) is 0 Å². The van der Waals surface area contributed by atoms with E-state index in [9.17, 15) is 4.79 Å². The summed E-state index contributed by atoms with van der Waals surface area (Å²) in [6.45, 7) is 15.6. The standard InChI is InChI=1S/C24H30N2O/c1-8-13-25-16-18(4)26(7)23-15-24(20(6)27,14-21(23)9-2)22-12-10-11-17(3)19(22)5/h8-13,16H,1-2,14-15H2,3-7H3/b18-16+,25-13?/t24-/m1/s1. The lowest BCUT2D eigenvalue weighted by Crippen LogP contribution is -2.34. The Kier molecular flexibility index (Phi) is 6.37. The van der Waals surface area contributed by atoms with Crippen LogP contribution in [-0.2, 0) is 10.2 Å². The van der Waals surface area contributed by atoms with Crippen LogP contribution in [0, 0.1) is 13.8 Å². The average Bonchev–Trinajstić information content (AvgIpc) is 3.04. The summed E-state index contributed by atoms with van der Waals surface area (Å²) in [5.74, 6) is 0.199. The Morgan fingerprint density at radius 2 is 1.93 bits per heavy atom. The summed E-state index contributed by atoms with van der Waals surface area (Å²) < 4.78 is 0. The highest BCUT2D eigenvalue weighted by molar-refractivity contribution is 5.90. The highest BCUT2D eigenvalue weighted by Gasteiger charge is 2.45. The molecule has 3 heteroatoms. The first kappa shape index (κ1) is 20.6. The van der Waals surface area contributed by atoms with Gasteiger partial charge in [-0.2, -0.15) is 0 Å². The van der Waals surface area contributed by atoms with Gasteiger partial charge in [0.1, 0.15) is 5.78 Å². The summed E-state index contributed by atoms with van der Waals surface area (Å²) in [5.41, 5.74) is 6.26. The molecule has 1 aliphatic rings. The topological polar surface area (TPSA) is 32.7 Å². The van der Waals surface area contributed by atoms with Crippen molar-refractivity contribution in [2.75, 3.05) is 7.05 Å². The van der Waals surface area contributed by atoms with Crippen molar-refractivity contribution in [3.63, 3.8) is 0 Å². The quantitative estimate of drug-likeness (QED) is 0.607. The van der Waals surface area contributed by atoms with Crippen LogP contribution in [0.25, 0.3) is 0 Å². The maximum atomic E-state index is 12.9. The number of nitrogens with zero attached hydrogens (tertiary/aromatic N) is 2. The number of rotatable bonds is 7. The molecule has 142 valence electrons. The van der Waals surface area contributed by atoms with E-state index in [1.807, 2.05) is 26.1 Å². The van der Waals surface area contributed by atoms with E-state index in [-0.39, 0.29) is 5.78 Å². The van der Waals surface area contributed by atoms with Crippen LogP contribution in [0.2, 0.25) is 0 Å². The van der Waals surface area contributed by atoms with Gasteiger partial charge in [0.15, 0.2) is 0 Å². The van der Waals surface area contributed by atoms with E-state index >= 15 is 0 Å². The van der Waals surface area contributed by atoms with E-state index in [2.05, 4.69) is 49.0 Å². The second-order valence-electron chi connectivity index (χ2n) is 7.28. The average molecular weight is 363 g/mol. The Labute approximate surface area is 163 Å². The summed E-state index contributed by atoms with van der Waals surface area (Å²) >= 11 is 0. The summed E-state index contributed by atoms with van der Waals surface area (Å²) in [6, 6.07) is 6.25. The van der Waals surface area contributed by atoms with Crippen LogP contribution in [0.1, 0.15) is 43.4 Å². The number of benzene rings is 1.